The normalized spacial score (nSPS) is 16.2. The fourth-order valence-electron chi connectivity index (χ4n) is 3.82. The van der Waals surface area contributed by atoms with E-state index >= 15 is 0 Å². The number of hydrogen-bond donors (Lipinski definition) is 1. The van der Waals surface area contributed by atoms with Gasteiger partial charge in [0, 0.05) is 37.3 Å². The molecule has 4 rings (SSSR count). The van der Waals surface area contributed by atoms with Crippen molar-refractivity contribution in [3.8, 4) is 0 Å². The molecule has 1 N–H and O–H groups in total. The minimum Gasteiger partial charge on any atom is -0.351 e. The van der Waals surface area contributed by atoms with E-state index in [1.165, 1.54) is 4.31 Å². The molecular weight excluding hydrogens is 390 g/mol. The molecule has 2 heterocycles. The average Bonchev–Trinajstić information content (AvgIpc) is 3.34. The van der Waals surface area contributed by atoms with Crippen LogP contribution in [0.15, 0.2) is 48.5 Å². The van der Waals surface area contributed by atoms with Crippen LogP contribution < -0.4 is 14.5 Å². The van der Waals surface area contributed by atoms with Crippen molar-refractivity contribution in [2.45, 2.75) is 19.3 Å². The summed E-state index contributed by atoms with van der Waals surface area (Å²) in [5.41, 5.74) is 2.96. The fourth-order valence-corrected chi connectivity index (χ4v) is 5.24. The van der Waals surface area contributed by atoms with Gasteiger partial charge in [-0.1, -0.05) is 18.2 Å². The summed E-state index contributed by atoms with van der Waals surface area (Å²) in [5, 5.41) is 2.67. The number of fused-ring (bicyclic) bond motifs is 1. The Bertz CT molecular complexity index is 1030. The zero-order valence-electron chi connectivity index (χ0n) is 16.0. The van der Waals surface area contributed by atoms with Crippen LogP contribution in [0.25, 0.3) is 0 Å². The Morgan fingerprint density at radius 2 is 1.76 bits per heavy atom. The number of para-hydroxylation sites is 1. The number of rotatable bonds is 6. The van der Waals surface area contributed by atoms with Gasteiger partial charge in [0.1, 0.15) is 0 Å². The molecule has 2 aliphatic rings. The van der Waals surface area contributed by atoms with Crippen molar-refractivity contribution in [2.75, 3.05) is 34.6 Å². The summed E-state index contributed by atoms with van der Waals surface area (Å²) in [6.07, 6.45) is 2.10. The molecule has 7 nitrogen and oxygen atoms in total. The van der Waals surface area contributed by atoms with Crippen LogP contribution in [0.3, 0.4) is 0 Å². The number of hydrogen-bond acceptors (Lipinski definition) is 4. The Morgan fingerprint density at radius 3 is 2.48 bits per heavy atom. The van der Waals surface area contributed by atoms with Gasteiger partial charge in [-0.25, -0.2) is 8.42 Å². The molecule has 2 aromatic rings. The fraction of sp³-hybridized carbons (Fsp3) is 0.333. The largest absolute Gasteiger partial charge is 0.351 e. The minimum atomic E-state index is -3.50. The summed E-state index contributed by atoms with van der Waals surface area (Å²) < 4.78 is 26.8. The number of benzene rings is 2. The average molecular weight is 413 g/mol. The number of nitrogens with zero attached hydrogens (tertiary/aromatic N) is 2. The molecule has 0 aromatic heterocycles. The van der Waals surface area contributed by atoms with Gasteiger partial charge in [0.2, 0.25) is 15.9 Å². The molecule has 0 saturated carbocycles. The Hall–Kier alpha value is -2.87. The maximum absolute atomic E-state index is 12.7. The predicted octanol–water partition coefficient (Wildman–Crippen LogP) is 1.94. The molecule has 0 unspecified atom stereocenters. The van der Waals surface area contributed by atoms with Crippen molar-refractivity contribution in [3.63, 3.8) is 0 Å². The summed E-state index contributed by atoms with van der Waals surface area (Å²) in [4.78, 5) is 25.9. The van der Waals surface area contributed by atoms with Gasteiger partial charge in [-0.2, -0.15) is 0 Å². The lowest BCUT2D eigenvalue weighted by Gasteiger charge is -2.19. The molecule has 8 heteroatoms. The number of nitrogens with one attached hydrogen (secondary N) is 1. The van der Waals surface area contributed by atoms with E-state index in [1.807, 2.05) is 24.3 Å². The lowest BCUT2D eigenvalue weighted by molar-refractivity contribution is -0.117. The van der Waals surface area contributed by atoms with Gasteiger partial charge < -0.3 is 10.2 Å². The second kappa shape index (κ2) is 7.87. The SMILES string of the molecule is O=C(NCCS(=O)(=O)N1CCc2ccccc21)c1ccc(N2CCCC2=O)cc1. The van der Waals surface area contributed by atoms with E-state index in [2.05, 4.69) is 5.32 Å². The highest BCUT2D eigenvalue weighted by molar-refractivity contribution is 7.92. The first-order chi connectivity index (χ1) is 14.0. The Balaban J connectivity index is 1.33. The molecular formula is C21H23N3O4S. The quantitative estimate of drug-likeness (QED) is 0.784. The van der Waals surface area contributed by atoms with E-state index in [0.717, 1.165) is 23.4 Å². The van der Waals surface area contributed by atoms with Gasteiger partial charge >= 0.3 is 0 Å². The van der Waals surface area contributed by atoms with E-state index in [-0.39, 0.29) is 24.1 Å². The van der Waals surface area contributed by atoms with Crippen molar-refractivity contribution in [3.05, 3.63) is 59.7 Å². The number of amides is 2. The van der Waals surface area contributed by atoms with E-state index in [4.69, 9.17) is 0 Å². The Morgan fingerprint density at radius 1 is 1.00 bits per heavy atom. The monoisotopic (exact) mass is 413 g/mol. The molecule has 29 heavy (non-hydrogen) atoms. The number of anilines is 2. The van der Waals surface area contributed by atoms with E-state index < -0.39 is 10.0 Å². The van der Waals surface area contributed by atoms with E-state index in [9.17, 15) is 18.0 Å². The number of sulfonamides is 1. The van der Waals surface area contributed by atoms with Crippen molar-refractivity contribution in [2.24, 2.45) is 0 Å². The summed E-state index contributed by atoms with van der Waals surface area (Å²) >= 11 is 0. The molecule has 0 radical (unpaired) electrons. The third-order valence-electron chi connectivity index (χ3n) is 5.34. The highest BCUT2D eigenvalue weighted by atomic mass is 32.2. The minimum absolute atomic E-state index is 0.0339. The lowest BCUT2D eigenvalue weighted by atomic mass is 10.2. The second-order valence-electron chi connectivity index (χ2n) is 7.22. The van der Waals surface area contributed by atoms with Crippen molar-refractivity contribution in [1.29, 1.82) is 0 Å². The molecule has 0 spiro atoms. The van der Waals surface area contributed by atoms with Gasteiger partial charge in [0.15, 0.2) is 0 Å². The molecule has 0 bridgehead atoms. The summed E-state index contributed by atoms with van der Waals surface area (Å²) in [5.74, 6) is -0.398. The highest BCUT2D eigenvalue weighted by Crippen LogP contribution is 2.29. The topological polar surface area (TPSA) is 86.8 Å². The van der Waals surface area contributed by atoms with Crippen LogP contribution in [-0.4, -0.2) is 45.6 Å². The molecule has 2 aromatic carbocycles. The van der Waals surface area contributed by atoms with Crippen LogP contribution in [-0.2, 0) is 21.2 Å². The van der Waals surface area contributed by atoms with Gasteiger partial charge in [-0.05, 0) is 48.7 Å². The first kappa shape index (κ1) is 19.4. The zero-order valence-corrected chi connectivity index (χ0v) is 16.8. The standard InChI is InChI=1S/C21H23N3O4S/c25-20-6-3-13-23(20)18-9-7-17(8-10-18)21(26)22-12-15-29(27,28)24-14-11-16-4-1-2-5-19(16)24/h1-2,4-5,7-10H,3,6,11-15H2,(H,22,26). The lowest BCUT2D eigenvalue weighted by Crippen LogP contribution is -2.37. The van der Waals surface area contributed by atoms with Crippen molar-refractivity contribution >= 4 is 33.2 Å². The van der Waals surface area contributed by atoms with Crippen LogP contribution in [0, 0.1) is 0 Å². The maximum Gasteiger partial charge on any atom is 0.251 e. The Kier molecular flexibility index (Phi) is 5.27. The third kappa shape index (κ3) is 3.98. The first-order valence-electron chi connectivity index (χ1n) is 9.73. The number of carbonyl (C=O) groups is 2. The summed E-state index contributed by atoms with van der Waals surface area (Å²) in [6, 6.07) is 14.3. The van der Waals surface area contributed by atoms with E-state index in [1.54, 1.807) is 29.2 Å². The van der Waals surface area contributed by atoms with E-state index in [0.29, 0.717) is 31.5 Å². The first-order valence-corrected chi connectivity index (χ1v) is 11.3. The van der Waals surface area contributed by atoms with Crippen molar-refractivity contribution < 1.29 is 18.0 Å². The predicted molar refractivity (Wildman–Crippen MR) is 112 cm³/mol. The van der Waals surface area contributed by atoms with Crippen LogP contribution in [0.2, 0.25) is 0 Å². The molecule has 2 amide bonds. The highest BCUT2D eigenvalue weighted by Gasteiger charge is 2.28. The maximum atomic E-state index is 12.7. The summed E-state index contributed by atoms with van der Waals surface area (Å²) in [7, 11) is -3.50. The molecule has 152 valence electrons. The molecule has 0 aliphatic carbocycles. The molecule has 0 atom stereocenters. The van der Waals surface area contributed by atoms with Crippen LogP contribution in [0.5, 0.6) is 0 Å². The molecule has 1 saturated heterocycles. The van der Waals surface area contributed by atoms with Crippen LogP contribution in [0.1, 0.15) is 28.8 Å². The van der Waals surface area contributed by atoms with Gasteiger partial charge in [0.05, 0.1) is 11.4 Å². The molecule has 2 aliphatic heterocycles. The smallest absolute Gasteiger partial charge is 0.251 e. The van der Waals surface area contributed by atoms with Crippen molar-refractivity contribution in [1.82, 2.24) is 5.32 Å². The van der Waals surface area contributed by atoms with Gasteiger partial charge in [-0.15, -0.1) is 0 Å². The molecule has 1 fully saturated rings. The third-order valence-corrected chi connectivity index (χ3v) is 7.11. The van der Waals surface area contributed by atoms with Crippen LogP contribution in [0.4, 0.5) is 11.4 Å². The van der Waals surface area contributed by atoms with Gasteiger partial charge in [-0.3, -0.25) is 13.9 Å². The van der Waals surface area contributed by atoms with Gasteiger partial charge in [0.25, 0.3) is 5.91 Å². The number of carbonyl (C=O) groups excluding carboxylic acids is 2. The van der Waals surface area contributed by atoms with Crippen LogP contribution >= 0.6 is 0 Å². The zero-order chi connectivity index (χ0) is 20.4. The summed E-state index contributed by atoms with van der Waals surface area (Å²) in [6.45, 7) is 1.17. The second-order valence-corrected chi connectivity index (χ2v) is 9.23. The Labute approximate surface area is 170 Å².